The zero-order valence-corrected chi connectivity index (χ0v) is 12.9. The number of nitrogens with one attached hydrogen (secondary N) is 1. The Morgan fingerprint density at radius 1 is 1.24 bits per heavy atom. The first kappa shape index (κ1) is 15.1. The highest BCUT2D eigenvalue weighted by atomic mass is 127. The van der Waals surface area contributed by atoms with Gasteiger partial charge in [-0.3, -0.25) is 14.9 Å². The maximum absolute atomic E-state index is 11.8. The first-order valence-corrected chi connectivity index (χ1v) is 6.97. The quantitative estimate of drug-likeness (QED) is 0.374. The van der Waals surface area contributed by atoms with E-state index in [4.69, 9.17) is 0 Å². The number of benzene rings is 2. The van der Waals surface area contributed by atoms with Crippen LogP contribution in [0.2, 0.25) is 0 Å². The molecule has 2 aromatic rings. The van der Waals surface area contributed by atoms with Crippen LogP contribution in [-0.2, 0) is 0 Å². The van der Waals surface area contributed by atoms with Crippen LogP contribution in [0.3, 0.4) is 0 Å². The molecule has 2 rings (SSSR count). The van der Waals surface area contributed by atoms with Crippen molar-refractivity contribution in [1.29, 1.82) is 0 Å². The van der Waals surface area contributed by atoms with Crippen LogP contribution < -0.4 is 5.43 Å². The van der Waals surface area contributed by atoms with Gasteiger partial charge in [0.15, 0.2) is 0 Å². The number of hydrogen-bond donors (Lipinski definition) is 1. The summed E-state index contributed by atoms with van der Waals surface area (Å²) < 4.78 is 1.10. The normalized spacial score (nSPS) is 10.5. The molecule has 0 aromatic heterocycles. The highest BCUT2D eigenvalue weighted by Gasteiger charge is 2.10. The molecular weight excluding hydrogens is 385 g/mol. The van der Waals surface area contributed by atoms with Gasteiger partial charge in [0.1, 0.15) is 0 Å². The Kier molecular flexibility index (Phi) is 4.99. The van der Waals surface area contributed by atoms with Crippen LogP contribution in [0.4, 0.5) is 5.69 Å². The fourth-order valence-electron chi connectivity index (χ4n) is 1.54. The molecule has 6 nitrogen and oxygen atoms in total. The second-order valence-corrected chi connectivity index (χ2v) is 5.30. The molecular formula is C14H10IN3O3. The topological polar surface area (TPSA) is 84.6 Å². The first-order chi connectivity index (χ1) is 10.1. The van der Waals surface area contributed by atoms with E-state index in [-0.39, 0.29) is 11.3 Å². The molecule has 0 saturated carbocycles. The number of hydrogen-bond acceptors (Lipinski definition) is 4. The van der Waals surface area contributed by atoms with Gasteiger partial charge in [0.2, 0.25) is 0 Å². The van der Waals surface area contributed by atoms with Crippen LogP contribution in [0.25, 0.3) is 0 Å². The number of nitro benzene ring substituents is 1. The average molecular weight is 395 g/mol. The van der Waals surface area contributed by atoms with Crippen LogP contribution in [0.15, 0.2) is 53.6 Å². The second-order valence-electron chi connectivity index (χ2n) is 4.06. The minimum Gasteiger partial charge on any atom is -0.267 e. The number of non-ortho nitro benzene ring substituents is 1. The van der Waals surface area contributed by atoms with E-state index in [2.05, 4.69) is 33.1 Å². The Balaban J connectivity index is 2.03. The third kappa shape index (κ3) is 4.35. The maximum Gasteiger partial charge on any atom is 0.271 e. The number of nitrogens with zero attached hydrogens (tertiary/aromatic N) is 2. The van der Waals surface area contributed by atoms with Crippen LogP contribution in [0, 0.1) is 13.7 Å². The van der Waals surface area contributed by atoms with Gasteiger partial charge in [0.05, 0.1) is 11.1 Å². The lowest BCUT2D eigenvalue weighted by Crippen LogP contribution is -2.17. The molecule has 0 atom stereocenters. The standard InChI is InChI=1S/C14H10IN3O3/c15-12-6-4-10(5-7-12)9-16-17-14(19)11-2-1-3-13(8-11)18(20)21/h1-9H,(H,17,19). The average Bonchev–Trinajstić information content (AvgIpc) is 2.49. The van der Waals surface area contributed by atoms with Crippen molar-refractivity contribution in [2.75, 3.05) is 0 Å². The third-order valence-corrected chi connectivity index (χ3v) is 3.29. The number of halogens is 1. The Hall–Kier alpha value is -2.29. The molecule has 0 fully saturated rings. The van der Waals surface area contributed by atoms with Gasteiger partial charge in [-0.25, -0.2) is 5.43 Å². The predicted molar refractivity (Wildman–Crippen MR) is 87.3 cm³/mol. The fraction of sp³-hybridized carbons (Fsp3) is 0. The molecule has 7 heteroatoms. The molecule has 0 aliphatic carbocycles. The van der Waals surface area contributed by atoms with E-state index in [1.807, 2.05) is 24.3 Å². The second kappa shape index (κ2) is 6.93. The van der Waals surface area contributed by atoms with Crippen LogP contribution in [-0.4, -0.2) is 17.0 Å². The molecule has 0 radical (unpaired) electrons. The summed E-state index contributed by atoms with van der Waals surface area (Å²) in [6.45, 7) is 0. The van der Waals surface area contributed by atoms with Crippen molar-refractivity contribution in [2.24, 2.45) is 5.10 Å². The van der Waals surface area contributed by atoms with E-state index in [1.54, 1.807) is 0 Å². The summed E-state index contributed by atoms with van der Waals surface area (Å²) in [7, 11) is 0. The van der Waals surface area contributed by atoms with Crippen LogP contribution in [0.1, 0.15) is 15.9 Å². The Morgan fingerprint density at radius 2 is 1.95 bits per heavy atom. The summed E-state index contributed by atoms with van der Waals surface area (Å²) in [6.07, 6.45) is 1.51. The zero-order chi connectivity index (χ0) is 15.2. The van der Waals surface area contributed by atoms with Gasteiger partial charge >= 0.3 is 0 Å². The van der Waals surface area contributed by atoms with E-state index in [1.165, 1.54) is 30.5 Å². The van der Waals surface area contributed by atoms with Crippen molar-refractivity contribution >= 4 is 40.4 Å². The van der Waals surface area contributed by atoms with Gasteiger partial charge in [-0.2, -0.15) is 5.10 Å². The van der Waals surface area contributed by atoms with E-state index < -0.39 is 10.8 Å². The van der Waals surface area contributed by atoms with Gasteiger partial charge in [0, 0.05) is 21.3 Å². The van der Waals surface area contributed by atoms with E-state index >= 15 is 0 Å². The maximum atomic E-state index is 11.8. The molecule has 0 aliphatic rings. The minimum absolute atomic E-state index is 0.135. The SMILES string of the molecule is O=C(NN=Cc1ccc(I)cc1)c1cccc([N+](=O)[O-])c1. The molecule has 21 heavy (non-hydrogen) atoms. The lowest BCUT2D eigenvalue weighted by atomic mass is 10.2. The summed E-state index contributed by atoms with van der Waals surface area (Å²) in [5.41, 5.74) is 3.23. The monoisotopic (exact) mass is 395 g/mol. The summed E-state index contributed by atoms with van der Waals surface area (Å²) in [6, 6.07) is 13.0. The zero-order valence-electron chi connectivity index (χ0n) is 10.7. The van der Waals surface area contributed by atoms with Crippen molar-refractivity contribution in [3.05, 3.63) is 73.3 Å². The first-order valence-electron chi connectivity index (χ1n) is 5.90. The van der Waals surface area contributed by atoms with E-state index in [9.17, 15) is 14.9 Å². The molecule has 0 aliphatic heterocycles. The fourth-order valence-corrected chi connectivity index (χ4v) is 1.90. The molecule has 0 heterocycles. The Labute approximate surface area is 134 Å². The Bertz CT molecular complexity index is 699. The van der Waals surface area contributed by atoms with Gasteiger partial charge in [-0.15, -0.1) is 0 Å². The lowest BCUT2D eigenvalue weighted by molar-refractivity contribution is -0.384. The lowest BCUT2D eigenvalue weighted by Gasteiger charge is -1.99. The summed E-state index contributed by atoms with van der Waals surface area (Å²) in [5, 5.41) is 14.5. The molecule has 0 bridgehead atoms. The van der Waals surface area contributed by atoms with Crippen molar-refractivity contribution < 1.29 is 9.72 Å². The van der Waals surface area contributed by atoms with Gasteiger partial charge in [-0.1, -0.05) is 18.2 Å². The molecule has 0 unspecified atom stereocenters. The number of amides is 1. The van der Waals surface area contributed by atoms with E-state index in [0.717, 1.165) is 9.13 Å². The minimum atomic E-state index is -0.550. The van der Waals surface area contributed by atoms with Gasteiger partial charge < -0.3 is 0 Å². The number of hydrazone groups is 1. The van der Waals surface area contributed by atoms with Crippen molar-refractivity contribution in [1.82, 2.24) is 5.43 Å². The summed E-state index contributed by atoms with van der Waals surface area (Å²) >= 11 is 2.19. The smallest absolute Gasteiger partial charge is 0.267 e. The van der Waals surface area contributed by atoms with Gasteiger partial charge in [-0.05, 0) is 46.4 Å². The molecule has 1 amide bonds. The molecule has 0 saturated heterocycles. The highest BCUT2D eigenvalue weighted by Crippen LogP contribution is 2.12. The molecule has 1 N–H and O–H groups in total. The molecule has 0 spiro atoms. The van der Waals surface area contributed by atoms with E-state index in [0.29, 0.717) is 0 Å². The largest absolute Gasteiger partial charge is 0.271 e. The third-order valence-electron chi connectivity index (χ3n) is 2.57. The molecule has 2 aromatic carbocycles. The predicted octanol–water partition coefficient (Wildman–Crippen LogP) is 2.96. The highest BCUT2D eigenvalue weighted by molar-refractivity contribution is 14.1. The van der Waals surface area contributed by atoms with Crippen molar-refractivity contribution in [2.45, 2.75) is 0 Å². The number of nitro groups is 1. The van der Waals surface area contributed by atoms with Crippen LogP contribution >= 0.6 is 22.6 Å². The number of rotatable bonds is 4. The van der Waals surface area contributed by atoms with Crippen molar-refractivity contribution in [3.8, 4) is 0 Å². The summed E-state index contributed by atoms with van der Waals surface area (Å²) in [5.74, 6) is -0.500. The number of carbonyl (C=O) groups excluding carboxylic acids is 1. The molecule has 106 valence electrons. The Morgan fingerprint density at radius 3 is 2.62 bits per heavy atom. The van der Waals surface area contributed by atoms with Gasteiger partial charge in [0.25, 0.3) is 11.6 Å². The number of carbonyl (C=O) groups is 1. The van der Waals surface area contributed by atoms with Crippen LogP contribution in [0.5, 0.6) is 0 Å². The summed E-state index contributed by atoms with van der Waals surface area (Å²) in [4.78, 5) is 21.9. The van der Waals surface area contributed by atoms with Crippen molar-refractivity contribution in [3.63, 3.8) is 0 Å².